The van der Waals surface area contributed by atoms with Crippen LogP contribution < -0.4 is 5.73 Å². The molecule has 1 aromatic carbocycles. The largest absolute Gasteiger partial charge is 0.375 e. The Labute approximate surface area is 119 Å². The van der Waals surface area contributed by atoms with Crippen LogP contribution >= 0.6 is 22.7 Å². The minimum atomic E-state index is 0.463. The first-order valence-corrected chi connectivity index (χ1v) is 8.09. The van der Waals surface area contributed by atoms with Crippen LogP contribution in [0, 0.1) is 0 Å². The molecule has 19 heavy (non-hydrogen) atoms. The van der Waals surface area contributed by atoms with Crippen molar-refractivity contribution < 1.29 is 0 Å². The maximum Gasteiger partial charge on any atom is 0.180 e. The van der Waals surface area contributed by atoms with E-state index in [0.29, 0.717) is 11.0 Å². The van der Waals surface area contributed by atoms with E-state index in [1.54, 1.807) is 22.7 Å². The standard InChI is InChI=1S/C14H13N3S2/c15-14-17-11-3-1-2-9(13(11)19-14)8-4-5-10-12(6-8)18-7-16-10/h4-7,9H,1-3H2,(H2,15,17). The lowest BCUT2D eigenvalue weighted by molar-refractivity contribution is 0.618. The molecule has 2 aromatic heterocycles. The summed E-state index contributed by atoms with van der Waals surface area (Å²) in [4.78, 5) is 10.2. The second-order valence-corrected chi connectivity index (χ2v) is 6.84. The van der Waals surface area contributed by atoms with Gasteiger partial charge in [-0.1, -0.05) is 6.07 Å². The van der Waals surface area contributed by atoms with Crippen LogP contribution in [0.5, 0.6) is 0 Å². The highest BCUT2D eigenvalue weighted by molar-refractivity contribution is 7.16. The smallest absolute Gasteiger partial charge is 0.180 e. The third kappa shape index (κ3) is 1.84. The number of anilines is 1. The van der Waals surface area contributed by atoms with E-state index in [0.717, 1.165) is 11.9 Å². The van der Waals surface area contributed by atoms with Crippen LogP contribution in [0.15, 0.2) is 23.7 Å². The number of aryl methyl sites for hydroxylation is 1. The fraction of sp³-hybridized carbons (Fsp3) is 0.286. The number of thiazole rings is 2. The Kier molecular flexibility index (Phi) is 2.56. The molecular weight excluding hydrogens is 274 g/mol. The van der Waals surface area contributed by atoms with E-state index in [9.17, 15) is 0 Å². The number of benzene rings is 1. The van der Waals surface area contributed by atoms with Gasteiger partial charge >= 0.3 is 0 Å². The molecule has 1 aliphatic carbocycles. The summed E-state index contributed by atoms with van der Waals surface area (Å²) < 4.78 is 1.27. The summed E-state index contributed by atoms with van der Waals surface area (Å²) in [5.74, 6) is 0.463. The average Bonchev–Trinajstić information content (AvgIpc) is 3.01. The predicted molar refractivity (Wildman–Crippen MR) is 80.9 cm³/mol. The Hall–Kier alpha value is -1.46. The molecule has 1 atom stereocenters. The molecule has 0 spiro atoms. The molecular formula is C14H13N3S2. The van der Waals surface area contributed by atoms with Crippen LogP contribution in [0.4, 0.5) is 5.13 Å². The van der Waals surface area contributed by atoms with Gasteiger partial charge in [0, 0.05) is 10.8 Å². The third-order valence-electron chi connectivity index (χ3n) is 3.72. The van der Waals surface area contributed by atoms with Crippen LogP contribution in [-0.2, 0) is 6.42 Å². The van der Waals surface area contributed by atoms with Gasteiger partial charge in [0.25, 0.3) is 0 Å². The molecule has 3 nitrogen and oxygen atoms in total. The van der Waals surface area contributed by atoms with Gasteiger partial charge in [-0.15, -0.1) is 22.7 Å². The van der Waals surface area contributed by atoms with Gasteiger partial charge in [0.15, 0.2) is 5.13 Å². The second kappa shape index (κ2) is 4.28. The maximum atomic E-state index is 5.87. The summed E-state index contributed by atoms with van der Waals surface area (Å²) in [6, 6.07) is 6.61. The first-order chi connectivity index (χ1) is 9.31. The average molecular weight is 287 g/mol. The maximum absolute atomic E-state index is 5.87. The molecule has 4 rings (SSSR count). The molecule has 0 saturated carbocycles. The molecule has 0 aliphatic heterocycles. The summed E-state index contributed by atoms with van der Waals surface area (Å²) in [5.41, 5.74) is 11.5. The molecule has 0 bridgehead atoms. The van der Waals surface area contributed by atoms with E-state index in [-0.39, 0.29) is 0 Å². The van der Waals surface area contributed by atoms with Crippen LogP contribution in [0.3, 0.4) is 0 Å². The van der Waals surface area contributed by atoms with E-state index in [4.69, 9.17) is 5.73 Å². The van der Waals surface area contributed by atoms with Gasteiger partial charge in [-0.3, -0.25) is 0 Å². The molecule has 2 heterocycles. The van der Waals surface area contributed by atoms with E-state index in [1.165, 1.54) is 33.7 Å². The van der Waals surface area contributed by atoms with Crippen molar-refractivity contribution in [2.45, 2.75) is 25.2 Å². The van der Waals surface area contributed by atoms with Crippen LogP contribution in [-0.4, -0.2) is 9.97 Å². The van der Waals surface area contributed by atoms with Gasteiger partial charge in [-0.05, 0) is 37.0 Å². The Morgan fingerprint density at radius 3 is 3.21 bits per heavy atom. The highest BCUT2D eigenvalue weighted by Crippen LogP contribution is 2.41. The number of hydrogen-bond donors (Lipinski definition) is 1. The van der Waals surface area contributed by atoms with Gasteiger partial charge in [0.05, 0.1) is 21.4 Å². The summed E-state index contributed by atoms with van der Waals surface area (Å²) in [6.45, 7) is 0. The first-order valence-electron chi connectivity index (χ1n) is 6.39. The van der Waals surface area contributed by atoms with E-state index < -0.39 is 0 Å². The lowest BCUT2D eigenvalue weighted by atomic mass is 9.86. The topological polar surface area (TPSA) is 51.8 Å². The van der Waals surface area contributed by atoms with Crippen molar-refractivity contribution >= 4 is 38.0 Å². The van der Waals surface area contributed by atoms with E-state index in [1.807, 2.05) is 5.51 Å². The van der Waals surface area contributed by atoms with Gasteiger partial charge in [0.1, 0.15) is 0 Å². The number of nitrogens with two attached hydrogens (primary N) is 1. The number of fused-ring (bicyclic) bond motifs is 2. The molecule has 1 aliphatic rings. The summed E-state index contributed by atoms with van der Waals surface area (Å²) in [7, 11) is 0. The molecule has 2 N–H and O–H groups in total. The summed E-state index contributed by atoms with van der Waals surface area (Å²) in [5, 5.41) is 0.704. The van der Waals surface area contributed by atoms with Gasteiger partial charge in [0.2, 0.25) is 0 Å². The minimum absolute atomic E-state index is 0.463. The van der Waals surface area contributed by atoms with Crippen molar-refractivity contribution in [3.63, 3.8) is 0 Å². The zero-order valence-electron chi connectivity index (χ0n) is 10.3. The third-order valence-corrected chi connectivity index (χ3v) is 5.56. The number of hydrogen-bond acceptors (Lipinski definition) is 5. The zero-order chi connectivity index (χ0) is 12.8. The monoisotopic (exact) mass is 287 g/mol. The van der Waals surface area contributed by atoms with Crippen molar-refractivity contribution in [2.75, 3.05) is 5.73 Å². The van der Waals surface area contributed by atoms with Crippen LogP contribution in [0.1, 0.15) is 34.9 Å². The minimum Gasteiger partial charge on any atom is -0.375 e. The van der Waals surface area contributed by atoms with Gasteiger partial charge < -0.3 is 5.73 Å². The lowest BCUT2D eigenvalue weighted by Crippen LogP contribution is -2.08. The molecule has 0 saturated heterocycles. The fourth-order valence-electron chi connectivity index (χ4n) is 2.85. The van der Waals surface area contributed by atoms with E-state index in [2.05, 4.69) is 28.2 Å². The highest BCUT2D eigenvalue weighted by Gasteiger charge is 2.25. The number of aromatic nitrogens is 2. The fourth-order valence-corrected chi connectivity index (χ4v) is 4.61. The van der Waals surface area contributed by atoms with Crippen LogP contribution in [0.2, 0.25) is 0 Å². The number of nitrogen functional groups attached to an aromatic ring is 1. The summed E-state index contributed by atoms with van der Waals surface area (Å²) in [6.07, 6.45) is 3.46. The first kappa shape index (κ1) is 11.4. The zero-order valence-corrected chi connectivity index (χ0v) is 11.9. The summed E-state index contributed by atoms with van der Waals surface area (Å²) >= 11 is 3.36. The van der Waals surface area contributed by atoms with E-state index >= 15 is 0 Å². The Bertz CT molecular complexity index is 744. The predicted octanol–water partition coefficient (Wildman–Crippen LogP) is 3.80. The quantitative estimate of drug-likeness (QED) is 0.740. The van der Waals surface area contributed by atoms with Crippen molar-refractivity contribution in [3.05, 3.63) is 39.8 Å². The van der Waals surface area contributed by atoms with Crippen molar-refractivity contribution in [1.82, 2.24) is 9.97 Å². The molecule has 3 aromatic rings. The van der Waals surface area contributed by atoms with Crippen molar-refractivity contribution in [2.24, 2.45) is 0 Å². The molecule has 0 fully saturated rings. The molecule has 0 amide bonds. The Morgan fingerprint density at radius 1 is 1.32 bits per heavy atom. The van der Waals surface area contributed by atoms with Crippen LogP contribution in [0.25, 0.3) is 10.2 Å². The second-order valence-electron chi connectivity index (χ2n) is 4.89. The van der Waals surface area contributed by atoms with Gasteiger partial charge in [-0.2, -0.15) is 0 Å². The highest BCUT2D eigenvalue weighted by atomic mass is 32.1. The number of nitrogens with zero attached hydrogens (tertiary/aromatic N) is 2. The van der Waals surface area contributed by atoms with Gasteiger partial charge in [-0.25, -0.2) is 9.97 Å². The number of rotatable bonds is 1. The molecule has 96 valence electrons. The van der Waals surface area contributed by atoms with Crippen molar-refractivity contribution in [3.8, 4) is 0 Å². The Balaban J connectivity index is 1.83. The lowest BCUT2D eigenvalue weighted by Gasteiger charge is -2.21. The SMILES string of the molecule is Nc1nc2c(s1)C(c1ccc3ncsc3c1)CCC2. The normalized spacial score (nSPS) is 18.6. The Morgan fingerprint density at radius 2 is 2.26 bits per heavy atom. The van der Waals surface area contributed by atoms with Crippen molar-refractivity contribution in [1.29, 1.82) is 0 Å². The molecule has 1 unspecified atom stereocenters. The molecule has 0 radical (unpaired) electrons. The molecule has 5 heteroatoms.